The van der Waals surface area contributed by atoms with Gasteiger partial charge in [-0.1, -0.05) is 41.5 Å². The van der Waals surface area contributed by atoms with Crippen molar-refractivity contribution in [3.63, 3.8) is 0 Å². The summed E-state index contributed by atoms with van der Waals surface area (Å²) in [5.74, 6) is 2.55. The maximum Gasteiger partial charge on any atom is 0.147 e. The second-order valence-corrected chi connectivity index (χ2v) is 7.00. The zero-order valence-electron chi connectivity index (χ0n) is 21.5. The van der Waals surface area contributed by atoms with Crippen molar-refractivity contribution in [2.45, 2.75) is 87.5 Å². The van der Waals surface area contributed by atoms with Crippen LogP contribution in [0.25, 0.3) is 0 Å². The van der Waals surface area contributed by atoms with Gasteiger partial charge in [0, 0.05) is 38.6 Å². The van der Waals surface area contributed by atoms with Crippen LogP contribution in [0.5, 0.6) is 0 Å². The van der Waals surface area contributed by atoms with Gasteiger partial charge in [0.2, 0.25) is 0 Å². The van der Waals surface area contributed by atoms with Gasteiger partial charge in [0.1, 0.15) is 11.6 Å². The Morgan fingerprint density at radius 3 is 1.97 bits per heavy atom. The van der Waals surface area contributed by atoms with Crippen LogP contribution in [0.1, 0.15) is 92.0 Å². The highest BCUT2D eigenvalue weighted by atomic mass is 15.2. The fourth-order valence-corrected chi connectivity index (χ4v) is 3.07. The Morgan fingerprint density at radius 2 is 1.45 bits per heavy atom. The lowest BCUT2D eigenvalue weighted by molar-refractivity contribution is 0.699. The van der Waals surface area contributed by atoms with E-state index in [1.165, 1.54) is 12.8 Å². The van der Waals surface area contributed by atoms with Crippen LogP contribution < -0.4 is 9.80 Å². The zero-order valence-corrected chi connectivity index (χ0v) is 21.5. The van der Waals surface area contributed by atoms with Crippen LogP contribution in [0.15, 0.2) is 24.8 Å². The van der Waals surface area contributed by atoms with Gasteiger partial charge < -0.3 is 9.80 Å². The number of nitrogens with zero attached hydrogens (tertiary/aromatic N) is 6. The number of aryl methyl sites for hydroxylation is 1. The molecule has 0 bridgehead atoms. The number of aromatic nitrogens is 4. The smallest absolute Gasteiger partial charge is 0.147 e. The van der Waals surface area contributed by atoms with Crippen molar-refractivity contribution < 1.29 is 0 Å². The number of hydrogen-bond acceptors (Lipinski definition) is 6. The van der Waals surface area contributed by atoms with Gasteiger partial charge in [-0.3, -0.25) is 9.97 Å². The Bertz CT molecular complexity index is 681. The molecule has 1 fully saturated rings. The molecule has 6 heteroatoms. The third-order valence-electron chi connectivity index (χ3n) is 5.02. The standard InChI is InChI=1S/C12H19N3.C9H15N3.2C2H6/c1-3-10(2)11-8-13-9-12(14-11)15-6-4-5-7-15;1-4-12(5-2)9-7-10-6-8(3)11-9;2*1-2/h8-10H,3-7H2,1-2H3;6-7H,4-5H2,1-3H3;2*1-2H3. The second kappa shape index (κ2) is 17.4. The number of rotatable bonds is 6. The Kier molecular flexibility index (Phi) is 16.2. The van der Waals surface area contributed by atoms with Gasteiger partial charge in [-0.05, 0) is 46.0 Å². The van der Waals surface area contributed by atoms with Crippen molar-refractivity contribution in [3.05, 3.63) is 36.2 Å². The molecule has 0 saturated carbocycles. The molecule has 176 valence electrons. The van der Waals surface area contributed by atoms with Crippen LogP contribution >= 0.6 is 0 Å². The Balaban J connectivity index is 0.000000510. The van der Waals surface area contributed by atoms with Gasteiger partial charge in [-0.25, -0.2) is 9.97 Å². The minimum Gasteiger partial charge on any atom is -0.356 e. The molecule has 1 saturated heterocycles. The Hall–Kier alpha value is -2.24. The highest BCUT2D eigenvalue weighted by Crippen LogP contribution is 2.21. The van der Waals surface area contributed by atoms with Crippen molar-refractivity contribution in [2.75, 3.05) is 36.0 Å². The first-order chi connectivity index (χ1) is 15.1. The molecule has 31 heavy (non-hydrogen) atoms. The number of hydrogen-bond donors (Lipinski definition) is 0. The molecule has 6 nitrogen and oxygen atoms in total. The molecule has 2 aromatic heterocycles. The van der Waals surface area contributed by atoms with E-state index in [0.29, 0.717) is 5.92 Å². The molecular weight excluding hydrogens is 384 g/mol. The van der Waals surface area contributed by atoms with Gasteiger partial charge in [0.25, 0.3) is 0 Å². The minimum absolute atomic E-state index is 0.514. The second-order valence-electron chi connectivity index (χ2n) is 7.00. The van der Waals surface area contributed by atoms with Gasteiger partial charge >= 0.3 is 0 Å². The SMILES string of the molecule is CC.CC.CCC(C)c1cncc(N2CCCC2)n1.CCN(CC)c1cncc(C)n1. The molecule has 0 spiro atoms. The minimum atomic E-state index is 0.514. The summed E-state index contributed by atoms with van der Waals surface area (Å²) in [4.78, 5) is 22.0. The fraction of sp³-hybridized carbons (Fsp3) is 0.680. The third-order valence-corrected chi connectivity index (χ3v) is 5.02. The van der Waals surface area contributed by atoms with E-state index in [4.69, 9.17) is 0 Å². The topological polar surface area (TPSA) is 58.0 Å². The van der Waals surface area contributed by atoms with E-state index in [9.17, 15) is 0 Å². The summed E-state index contributed by atoms with van der Waals surface area (Å²) in [5.41, 5.74) is 2.10. The van der Waals surface area contributed by atoms with E-state index in [0.717, 1.165) is 55.6 Å². The van der Waals surface area contributed by atoms with Gasteiger partial charge in [0.05, 0.1) is 23.8 Å². The van der Waals surface area contributed by atoms with Crippen LogP contribution in [0.3, 0.4) is 0 Å². The normalized spacial score (nSPS) is 13.0. The lowest BCUT2D eigenvalue weighted by Gasteiger charge is -2.18. The van der Waals surface area contributed by atoms with Crippen molar-refractivity contribution in [3.8, 4) is 0 Å². The molecule has 2 aromatic rings. The lowest BCUT2D eigenvalue weighted by atomic mass is 10.1. The van der Waals surface area contributed by atoms with Crippen molar-refractivity contribution in [1.29, 1.82) is 0 Å². The first-order valence-electron chi connectivity index (χ1n) is 12.2. The van der Waals surface area contributed by atoms with Crippen LogP contribution in [0, 0.1) is 6.92 Å². The molecule has 1 unspecified atom stereocenters. The Labute approximate surface area is 191 Å². The molecule has 1 atom stereocenters. The lowest BCUT2D eigenvalue weighted by Crippen LogP contribution is -2.23. The van der Waals surface area contributed by atoms with Gasteiger partial charge in [-0.2, -0.15) is 0 Å². The average molecular weight is 431 g/mol. The molecule has 3 rings (SSSR count). The van der Waals surface area contributed by atoms with Crippen LogP contribution in [-0.2, 0) is 0 Å². The van der Waals surface area contributed by atoms with Crippen LogP contribution in [0.2, 0.25) is 0 Å². The van der Waals surface area contributed by atoms with Crippen molar-refractivity contribution >= 4 is 11.6 Å². The fourth-order valence-electron chi connectivity index (χ4n) is 3.07. The molecule has 0 aromatic carbocycles. The molecule has 0 amide bonds. The molecule has 3 heterocycles. The first kappa shape index (κ1) is 28.8. The largest absolute Gasteiger partial charge is 0.356 e. The summed E-state index contributed by atoms with van der Waals surface area (Å²) in [6, 6.07) is 0. The molecule has 1 aliphatic heterocycles. The zero-order chi connectivity index (χ0) is 23.6. The maximum atomic E-state index is 4.69. The highest BCUT2D eigenvalue weighted by molar-refractivity contribution is 5.37. The average Bonchev–Trinajstić information content (AvgIpc) is 3.38. The third kappa shape index (κ3) is 10.1. The molecular formula is C25H46N6. The summed E-state index contributed by atoms with van der Waals surface area (Å²) in [6.45, 7) is 22.8. The molecule has 0 N–H and O–H groups in total. The van der Waals surface area contributed by atoms with E-state index in [2.05, 4.69) is 57.4 Å². The van der Waals surface area contributed by atoms with Crippen molar-refractivity contribution in [1.82, 2.24) is 19.9 Å². The van der Waals surface area contributed by atoms with Crippen LogP contribution in [0.4, 0.5) is 11.6 Å². The summed E-state index contributed by atoms with van der Waals surface area (Å²) < 4.78 is 0. The van der Waals surface area contributed by atoms with E-state index in [1.807, 2.05) is 47.0 Å². The maximum absolute atomic E-state index is 4.69. The van der Waals surface area contributed by atoms with Gasteiger partial charge in [0.15, 0.2) is 0 Å². The van der Waals surface area contributed by atoms with Crippen LogP contribution in [-0.4, -0.2) is 46.1 Å². The van der Waals surface area contributed by atoms with E-state index < -0.39 is 0 Å². The highest BCUT2D eigenvalue weighted by Gasteiger charge is 2.15. The predicted octanol–water partition coefficient (Wildman–Crippen LogP) is 6.27. The van der Waals surface area contributed by atoms with Crippen molar-refractivity contribution in [2.24, 2.45) is 0 Å². The molecule has 0 aliphatic carbocycles. The van der Waals surface area contributed by atoms with E-state index in [1.54, 1.807) is 12.4 Å². The molecule has 0 radical (unpaired) electrons. The molecule has 1 aliphatic rings. The summed E-state index contributed by atoms with van der Waals surface area (Å²) in [6.07, 6.45) is 11.1. The monoisotopic (exact) mass is 430 g/mol. The number of anilines is 2. The van der Waals surface area contributed by atoms with E-state index in [-0.39, 0.29) is 0 Å². The summed E-state index contributed by atoms with van der Waals surface area (Å²) >= 11 is 0. The summed E-state index contributed by atoms with van der Waals surface area (Å²) in [7, 11) is 0. The summed E-state index contributed by atoms with van der Waals surface area (Å²) in [5, 5.41) is 0. The van der Waals surface area contributed by atoms with Gasteiger partial charge in [-0.15, -0.1) is 0 Å². The quantitative estimate of drug-likeness (QED) is 0.538. The van der Waals surface area contributed by atoms with E-state index >= 15 is 0 Å². The Morgan fingerprint density at radius 1 is 0.871 bits per heavy atom. The predicted molar refractivity (Wildman–Crippen MR) is 135 cm³/mol. The first-order valence-corrected chi connectivity index (χ1v) is 12.2.